The summed E-state index contributed by atoms with van der Waals surface area (Å²) in [5.74, 6) is 0.808. The summed E-state index contributed by atoms with van der Waals surface area (Å²) < 4.78 is 5.62. The van der Waals surface area contributed by atoms with Crippen LogP contribution < -0.4 is 5.32 Å². The van der Waals surface area contributed by atoms with Crippen molar-refractivity contribution in [1.82, 2.24) is 5.32 Å². The number of benzene rings is 1. The minimum Gasteiger partial charge on any atom is -0.464 e. The maximum absolute atomic E-state index is 11.9. The Balaban J connectivity index is 1.77. The third kappa shape index (κ3) is 2.50. The number of carbonyl (C=O) groups is 1. The van der Waals surface area contributed by atoms with Crippen LogP contribution in [-0.4, -0.2) is 12.5 Å². The molecule has 1 aliphatic carbocycles. The van der Waals surface area contributed by atoms with Crippen molar-refractivity contribution in [2.24, 2.45) is 5.92 Å². The predicted octanol–water partition coefficient (Wildman–Crippen LogP) is 3.12. The maximum Gasteiger partial charge on any atom is 0.224 e. The van der Waals surface area contributed by atoms with Crippen LogP contribution >= 0.6 is 0 Å². The summed E-state index contributed by atoms with van der Waals surface area (Å²) in [6.07, 6.45) is 4.64. The van der Waals surface area contributed by atoms with Crippen LogP contribution in [0.3, 0.4) is 0 Å². The van der Waals surface area contributed by atoms with E-state index in [0.29, 0.717) is 6.42 Å². The maximum atomic E-state index is 11.9. The molecule has 0 aliphatic heterocycles. The lowest BCUT2D eigenvalue weighted by Crippen LogP contribution is -2.26. The Labute approximate surface area is 113 Å². The zero-order valence-corrected chi connectivity index (χ0v) is 11.5. The van der Waals surface area contributed by atoms with E-state index in [-0.39, 0.29) is 5.91 Å². The summed E-state index contributed by atoms with van der Waals surface area (Å²) in [7, 11) is 0. The average molecular weight is 257 g/mol. The van der Waals surface area contributed by atoms with Crippen LogP contribution in [0.2, 0.25) is 0 Å². The van der Waals surface area contributed by atoms with Crippen molar-refractivity contribution in [2.75, 3.05) is 6.54 Å². The number of hydrogen-bond donors (Lipinski definition) is 1. The van der Waals surface area contributed by atoms with Crippen molar-refractivity contribution in [3.8, 4) is 0 Å². The summed E-state index contributed by atoms with van der Waals surface area (Å²) in [5, 5.41) is 4.05. The van der Waals surface area contributed by atoms with Gasteiger partial charge in [-0.3, -0.25) is 4.79 Å². The number of carbonyl (C=O) groups excluding carboxylic acids is 1. The minimum atomic E-state index is 0.0906. The van der Waals surface area contributed by atoms with Gasteiger partial charge in [0.05, 0.1) is 12.7 Å². The Bertz CT molecular complexity index is 623. The number of amides is 1. The highest BCUT2D eigenvalue weighted by Gasteiger charge is 2.22. The van der Waals surface area contributed by atoms with Gasteiger partial charge in [-0.1, -0.05) is 12.1 Å². The van der Waals surface area contributed by atoms with Gasteiger partial charge in [-0.05, 0) is 43.7 Å². The highest BCUT2D eigenvalue weighted by Crippen LogP contribution is 2.28. The van der Waals surface area contributed by atoms with Crippen molar-refractivity contribution < 1.29 is 9.21 Å². The van der Waals surface area contributed by atoms with Crippen molar-refractivity contribution in [1.29, 1.82) is 0 Å². The van der Waals surface area contributed by atoms with Crippen LogP contribution in [0.1, 0.15) is 29.5 Å². The smallest absolute Gasteiger partial charge is 0.224 e. The van der Waals surface area contributed by atoms with Gasteiger partial charge in [-0.15, -0.1) is 0 Å². The molecule has 1 fully saturated rings. The van der Waals surface area contributed by atoms with Gasteiger partial charge in [0.15, 0.2) is 0 Å². The van der Waals surface area contributed by atoms with Gasteiger partial charge in [0.2, 0.25) is 5.91 Å². The average Bonchev–Trinajstić information content (AvgIpc) is 3.14. The van der Waals surface area contributed by atoms with Gasteiger partial charge in [0, 0.05) is 17.5 Å². The molecule has 3 heteroatoms. The molecule has 0 atom stereocenters. The topological polar surface area (TPSA) is 42.2 Å². The molecule has 0 spiro atoms. The first-order valence-electron chi connectivity index (χ1n) is 6.88. The van der Waals surface area contributed by atoms with E-state index >= 15 is 0 Å². The summed E-state index contributed by atoms with van der Waals surface area (Å²) in [5.41, 5.74) is 4.25. The molecule has 3 nitrogen and oxygen atoms in total. The molecular formula is C16H19NO2. The zero-order valence-electron chi connectivity index (χ0n) is 11.5. The van der Waals surface area contributed by atoms with E-state index in [0.717, 1.165) is 34.6 Å². The fourth-order valence-electron chi connectivity index (χ4n) is 2.34. The largest absolute Gasteiger partial charge is 0.464 e. The SMILES string of the molecule is Cc1ccc2c(CC(=O)NCC3CC3)coc2c1C. The first-order chi connectivity index (χ1) is 9.15. The third-order valence-electron chi connectivity index (χ3n) is 3.98. The van der Waals surface area contributed by atoms with E-state index in [1.54, 1.807) is 6.26 Å². The highest BCUT2D eigenvalue weighted by atomic mass is 16.3. The zero-order chi connectivity index (χ0) is 13.4. The second-order valence-corrected chi connectivity index (χ2v) is 5.57. The van der Waals surface area contributed by atoms with E-state index in [1.165, 1.54) is 18.4 Å². The molecule has 100 valence electrons. The quantitative estimate of drug-likeness (QED) is 0.914. The van der Waals surface area contributed by atoms with Crippen molar-refractivity contribution in [2.45, 2.75) is 33.1 Å². The van der Waals surface area contributed by atoms with E-state index in [9.17, 15) is 4.79 Å². The Kier molecular flexibility index (Phi) is 3.05. The number of furan rings is 1. The van der Waals surface area contributed by atoms with Gasteiger partial charge in [0.25, 0.3) is 0 Å². The van der Waals surface area contributed by atoms with Crippen molar-refractivity contribution >= 4 is 16.9 Å². The van der Waals surface area contributed by atoms with Crippen LogP contribution in [0.15, 0.2) is 22.8 Å². The number of fused-ring (bicyclic) bond motifs is 1. The second kappa shape index (κ2) is 4.72. The van der Waals surface area contributed by atoms with Crippen LogP contribution in [0.4, 0.5) is 0 Å². The summed E-state index contributed by atoms with van der Waals surface area (Å²) in [4.78, 5) is 11.9. The van der Waals surface area contributed by atoms with Crippen molar-refractivity contribution in [3.05, 3.63) is 35.1 Å². The molecule has 0 bridgehead atoms. The summed E-state index contributed by atoms with van der Waals surface area (Å²) >= 11 is 0. The highest BCUT2D eigenvalue weighted by molar-refractivity contribution is 5.89. The lowest BCUT2D eigenvalue weighted by atomic mass is 10.0. The third-order valence-corrected chi connectivity index (χ3v) is 3.98. The second-order valence-electron chi connectivity index (χ2n) is 5.57. The number of aryl methyl sites for hydroxylation is 2. The summed E-state index contributed by atoms with van der Waals surface area (Å²) in [6.45, 7) is 4.95. The van der Waals surface area contributed by atoms with Gasteiger partial charge in [-0.25, -0.2) is 0 Å². The van der Waals surface area contributed by atoms with Crippen LogP contribution in [0, 0.1) is 19.8 Å². The number of hydrogen-bond acceptors (Lipinski definition) is 2. The Morgan fingerprint density at radius 2 is 2.16 bits per heavy atom. The Hall–Kier alpha value is -1.77. The molecular weight excluding hydrogens is 238 g/mol. The molecule has 1 aromatic heterocycles. The molecule has 19 heavy (non-hydrogen) atoms. The molecule has 1 aromatic carbocycles. The number of rotatable bonds is 4. The predicted molar refractivity (Wildman–Crippen MR) is 75.1 cm³/mol. The fourth-order valence-corrected chi connectivity index (χ4v) is 2.34. The van der Waals surface area contributed by atoms with Gasteiger partial charge in [0.1, 0.15) is 5.58 Å². The van der Waals surface area contributed by atoms with Gasteiger partial charge in [-0.2, -0.15) is 0 Å². The first-order valence-corrected chi connectivity index (χ1v) is 6.88. The molecule has 1 N–H and O–H groups in total. The Morgan fingerprint density at radius 3 is 2.89 bits per heavy atom. The molecule has 1 saturated carbocycles. The number of nitrogens with one attached hydrogen (secondary N) is 1. The minimum absolute atomic E-state index is 0.0906. The molecule has 1 aliphatic rings. The van der Waals surface area contributed by atoms with Crippen LogP contribution in [0.25, 0.3) is 11.0 Å². The van der Waals surface area contributed by atoms with E-state index < -0.39 is 0 Å². The molecule has 3 rings (SSSR count). The molecule has 2 aromatic rings. The lowest BCUT2D eigenvalue weighted by Gasteiger charge is -2.03. The monoisotopic (exact) mass is 257 g/mol. The molecule has 0 unspecified atom stereocenters. The molecule has 0 radical (unpaired) electrons. The fraction of sp³-hybridized carbons (Fsp3) is 0.438. The van der Waals surface area contributed by atoms with Crippen LogP contribution in [-0.2, 0) is 11.2 Å². The van der Waals surface area contributed by atoms with E-state index in [4.69, 9.17) is 4.42 Å². The molecule has 1 amide bonds. The van der Waals surface area contributed by atoms with Crippen molar-refractivity contribution in [3.63, 3.8) is 0 Å². The lowest BCUT2D eigenvalue weighted by molar-refractivity contribution is -0.120. The normalized spacial score (nSPS) is 14.8. The molecule has 1 heterocycles. The van der Waals surface area contributed by atoms with Crippen LogP contribution in [0.5, 0.6) is 0 Å². The van der Waals surface area contributed by atoms with Gasteiger partial charge < -0.3 is 9.73 Å². The van der Waals surface area contributed by atoms with E-state index in [1.807, 2.05) is 6.07 Å². The molecule has 0 saturated heterocycles. The van der Waals surface area contributed by atoms with E-state index in [2.05, 4.69) is 25.2 Å². The Morgan fingerprint density at radius 1 is 1.37 bits per heavy atom. The first kappa shape index (κ1) is 12.3. The van der Waals surface area contributed by atoms with Gasteiger partial charge >= 0.3 is 0 Å². The summed E-state index contributed by atoms with van der Waals surface area (Å²) in [6, 6.07) is 4.13. The standard InChI is InChI=1S/C16H19NO2/c1-10-3-6-14-13(9-19-16(14)11(10)2)7-15(18)17-8-12-4-5-12/h3,6,9,12H,4-5,7-8H2,1-2H3,(H,17,18).